The van der Waals surface area contributed by atoms with E-state index in [9.17, 15) is 9.59 Å². The molecule has 0 spiro atoms. The topological polar surface area (TPSA) is 52.7 Å². The zero-order chi connectivity index (χ0) is 18.0. The van der Waals surface area contributed by atoms with E-state index < -0.39 is 0 Å². The molecule has 0 radical (unpaired) electrons. The van der Waals surface area contributed by atoms with Gasteiger partial charge in [0.15, 0.2) is 0 Å². The van der Waals surface area contributed by atoms with Crippen LogP contribution in [-0.2, 0) is 9.59 Å². The standard InChI is InChI=1S/C20H35N3O2/c1-20(2,3)13-18(24)23-10-4-5-17(23)19(25)22-11-8-16(9-12-22)21-14-15-6-7-15/h15-17,21H,4-14H2,1-3H3. The number of carbonyl (C=O) groups excluding carboxylic acids is 2. The lowest BCUT2D eigenvalue weighted by Gasteiger charge is -2.36. The minimum atomic E-state index is -0.217. The second kappa shape index (κ2) is 7.65. The lowest BCUT2D eigenvalue weighted by molar-refractivity contribution is -0.145. The van der Waals surface area contributed by atoms with Crippen LogP contribution < -0.4 is 5.32 Å². The minimum absolute atomic E-state index is 0.0289. The van der Waals surface area contributed by atoms with Crippen molar-refractivity contribution in [3.05, 3.63) is 0 Å². The molecular formula is C20H35N3O2. The number of nitrogens with zero attached hydrogens (tertiary/aromatic N) is 2. The molecule has 0 aromatic rings. The number of rotatable bonds is 5. The Morgan fingerprint density at radius 2 is 1.68 bits per heavy atom. The minimum Gasteiger partial charge on any atom is -0.341 e. The number of likely N-dealkylation sites (tertiary alicyclic amines) is 2. The van der Waals surface area contributed by atoms with Gasteiger partial charge in [0.1, 0.15) is 6.04 Å². The summed E-state index contributed by atoms with van der Waals surface area (Å²) in [5, 5.41) is 3.66. The first kappa shape index (κ1) is 18.7. The Labute approximate surface area is 152 Å². The van der Waals surface area contributed by atoms with Gasteiger partial charge in [-0.05, 0) is 56.4 Å². The van der Waals surface area contributed by atoms with Crippen molar-refractivity contribution in [3.63, 3.8) is 0 Å². The molecule has 142 valence electrons. The average molecular weight is 350 g/mol. The molecule has 2 saturated heterocycles. The Morgan fingerprint density at radius 3 is 2.28 bits per heavy atom. The molecule has 2 heterocycles. The zero-order valence-electron chi connectivity index (χ0n) is 16.2. The summed E-state index contributed by atoms with van der Waals surface area (Å²) >= 11 is 0. The van der Waals surface area contributed by atoms with E-state index >= 15 is 0 Å². The lowest BCUT2D eigenvalue weighted by atomic mass is 9.91. The van der Waals surface area contributed by atoms with Crippen molar-refractivity contribution in [1.82, 2.24) is 15.1 Å². The smallest absolute Gasteiger partial charge is 0.245 e. The summed E-state index contributed by atoms with van der Waals surface area (Å²) in [6.07, 6.45) is 7.14. The van der Waals surface area contributed by atoms with Gasteiger partial charge in [0.25, 0.3) is 0 Å². The molecule has 0 aromatic carbocycles. The van der Waals surface area contributed by atoms with Crippen LogP contribution in [0, 0.1) is 11.3 Å². The van der Waals surface area contributed by atoms with Crippen LogP contribution in [0.1, 0.15) is 65.7 Å². The molecule has 5 heteroatoms. The molecule has 1 unspecified atom stereocenters. The first-order valence-electron chi connectivity index (χ1n) is 10.1. The monoisotopic (exact) mass is 349 g/mol. The van der Waals surface area contributed by atoms with Crippen LogP contribution in [0.3, 0.4) is 0 Å². The highest BCUT2D eigenvalue weighted by molar-refractivity contribution is 5.88. The van der Waals surface area contributed by atoms with Crippen LogP contribution in [0.15, 0.2) is 0 Å². The van der Waals surface area contributed by atoms with Crippen LogP contribution in [-0.4, -0.2) is 59.9 Å². The number of amides is 2. The van der Waals surface area contributed by atoms with Crippen LogP contribution in [0.25, 0.3) is 0 Å². The van der Waals surface area contributed by atoms with Gasteiger partial charge in [-0.15, -0.1) is 0 Å². The molecule has 3 rings (SSSR count). The molecule has 5 nitrogen and oxygen atoms in total. The highest BCUT2D eigenvalue weighted by Crippen LogP contribution is 2.29. The highest BCUT2D eigenvalue weighted by Gasteiger charge is 2.38. The maximum absolute atomic E-state index is 13.0. The Kier molecular flexibility index (Phi) is 5.71. The number of hydrogen-bond donors (Lipinski definition) is 1. The molecule has 0 bridgehead atoms. The second-order valence-corrected chi connectivity index (χ2v) is 9.43. The first-order chi connectivity index (χ1) is 11.8. The van der Waals surface area contributed by atoms with Crippen LogP contribution in [0.4, 0.5) is 0 Å². The van der Waals surface area contributed by atoms with E-state index in [2.05, 4.69) is 26.1 Å². The van der Waals surface area contributed by atoms with E-state index in [0.29, 0.717) is 12.5 Å². The van der Waals surface area contributed by atoms with Crippen molar-refractivity contribution in [2.45, 2.75) is 77.8 Å². The summed E-state index contributed by atoms with van der Waals surface area (Å²) in [6.45, 7) is 9.80. The molecule has 3 fully saturated rings. The summed E-state index contributed by atoms with van der Waals surface area (Å²) in [5.41, 5.74) is -0.0289. The number of carbonyl (C=O) groups is 2. The molecular weight excluding hydrogens is 314 g/mol. The van der Waals surface area contributed by atoms with Crippen LogP contribution >= 0.6 is 0 Å². The van der Waals surface area contributed by atoms with Gasteiger partial charge in [-0.2, -0.15) is 0 Å². The van der Waals surface area contributed by atoms with Gasteiger partial charge >= 0.3 is 0 Å². The molecule has 2 amide bonds. The van der Waals surface area contributed by atoms with Gasteiger partial charge < -0.3 is 15.1 Å². The normalized spacial score (nSPS) is 25.5. The third kappa shape index (κ3) is 5.19. The third-order valence-electron chi connectivity index (χ3n) is 5.74. The molecule has 1 N–H and O–H groups in total. The number of nitrogens with one attached hydrogen (secondary N) is 1. The maximum Gasteiger partial charge on any atom is 0.245 e. The van der Waals surface area contributed by atoms with E-state index in [4.69, 9.17) is 0 Å². The summed E-state index contributed by atoms with van der Waals surface area (Å²) in [5.74, 6) is 1.23. The third-order valence-corrected chi connectivity index (χ3v) is 5.74. The van der Waals surface area contributed by atoms with Crippen LogP contribution in [0.2, 0.25) is 0 Å². The molecule has 3 aliphatic rings. The number of hydrogen-bond acceptors (Lipinski definition) is 3. The molecule has 0 aromatic heterocycles. The van der Waals surface area contributed by atoms with Crippen molar-refractivity contribution in [1.29, 1.82) is 0 Å². The van der Waals surface area contributed by atoms with E-state index in [0.717, 1.165) is 57.8 Å². The predicted molar refractivity (Wildman–Crippen MR) is 99.1 cm³/mol. The fourth-order valence-electron chi connectivity index (χ4n) is 4.05. The van der Waals surface area contributed by atoms with E-state index in [1.165, 1.54) is 12.8 Å². The van der Waals surface area contributed by atoms with Crippen molar-refractivity contribution >= 4 is 11.8 Å². The summed E-state index contributed by atoms with van der Waals surface area (Å²) in [7, 11) is 0. The van der Waals surface area contributed by atoms with E-state index in [1.54, 1.807) is 0 Å². The maximum atomic E-state index is 13.0. The zero-order valence-corrected chi connectivity index (χ0v) is 16.2. The number of piperidine rings is 1. The predicted octanol–water partition coefficient (Wildman–Crippen LogP) is 2.40. The highest BCUT2D eigenvalue weighted by atomic mass is 16.2. The van der Waals surface area contributed by atoms with E-state index in [-0.39, 0.29) is 23.3 Å². The van der Waals surface area contributed by atoms with Crippen molar-refractivity contribution in [2.75, 3.05) is 26.2 Å². The SMILES string of the molecule is CC(C)(C)CC(=O)N1CCCC1C(=O)N1CCC(NCC2CC2)CC1. The van der Waals surface area contributed by atoms with Crippen LogP contribution in [0.5, 0.6) is 0 Å². The summed E-state index contributed by atoms with van der Waals surface area (Å²) < 4.78 is 0. The molecule has 1 aliphatic carbocycles. The first-order valence-corrected chi connectivity index (χ1v) is 10.1. The van der Waals surface area contributed by atoms with Gasteiger partial charge in [-0.25, -0.2) is 0 Å². The van der Waals surface area contributed by atoms with Crippen molar-refractivity contribution in [2.24, 2.45) is 11.3 Å². The molecule has 1 saturated carbocycles. The van der Waals surface area contributed by atoms with Crippen molar-refractivity contribution in [3.8, 4) is 0 Å². The van der Waals surface area contributed by atoms with Gasteiger partial charge in [-0.1, -0.05) is 20.8 Å². The summed E-state index contributed by atoms with van der Waals surface area (Å²) in [4.78, 5) is 29.4. The molecule has 25 heavy (non-hydrogen) atoms. The lowest BCUT2D eigenvalue weighted by Crippen LogP contribution is -2.52. The van der Waals surface area contributed by atoms with E-state index in [1.807, 2.05) is 9.80 Å². The van der Waals surface area contributed by atoms with Gasteiger partial charge in [0.05, 0.1) is 0 Å². The Balaban J connectivity index is 1.49. The fraction of sp³-hybridized carbons (Fsp3) is 0.900. The Hall–Kier alpha value is -1.10. The average Bonchev–Trinajstić information content (AvgIpc) is 3.25. The Morgan fingerprint density at radius 1 is 1.00 bits per heavy atom. The second-order valence-electron chi connectivity index (χ2n) is 9.43. The largest absolute Gasteiger partial charge is 0.341 e. The quantitative estimate of drug-likeness (QED) is 0.829. The molecule has 2 aliphatic heterocycles. The van der Waals surface area contributed by atoms with Gasteiger partial charge in [0.2, 0.25) is 11.8 Å². The van der Waals surface area contributed by atoms with Crippen molar-refractivity contribution < 1.29 is 9.59 Å². The van der Waals surface area contributed by atoms with Gasteiger partial charge in [-0.3, -0.25) is 9.59 Å². The fourth-order valence-corrected chi connectivity index (χ4v) is 4.05. The Bertz CT molecular complexity index is 488. The summed E-state index contributed by atoms with van der Waals surface area (Å²) in [6, 6.07) is 0.345. The van der Waals surface area contributed by atoms with Gasteiger partial charge in [0, 0.05) is 32.1 Å². The molecule has 1 atom stereocenters.